The van der Waals surface area contributed by atoms with Crippen molar-refractivity contribution in [3.63, 3.8) is 0 Å². The molecule has 5 aromatic rings. The third-order valence-corrected chi connectivity index (χ3v) is 10.3. The van der Waals surface area contributed by atoms with Crippen LogP contribution in [0.4, 0.5) is 13.2 Å². The maximum absolute atomic E-state index is 14.3. The lowest BCUT2D eigenvalue weighted by molar-refractivity contribution is -0.192. The number of alkyl halides is 3. The number of benzene rings is 3. The van der Waals surface area contributed by atoms with Crippen molar-refractivity contribution in [3.8, 4) is 16.9 Å². The number of aromatic nitrogens is 1. The highest BCUT2D eigenvalue weighted by Gasteiger charge is 2.38. The normalized spacial score (nSPS) is 18.8. The Bertz CT molecular complexity index is 2280. The third-order valence-electron chi connectivity index (χ3n) is 9.45. The number of fused-ring (bicyclic) bond motifs is 16. The van der Waals surface area contributed by atoms with Gasteiger partial charge in [-0.1, -0.05) is 78.9 Å². The number of nitrogens with zero attached hydrogens (tertiary/aromatic N) is 1. The molecule has 62 heavy (non-hydrogen) atoms. The Labute approximate surface area is 357 Å². The zero-order chi connectivity index (χ0) is 44.6. The minimum absolute atomic E-state index is 0.0423. The molecule has 2 aliphatic heterocycles. The summed E-state index contributed by atoms with van der Waals surface area (Å²) in [5.74, 6) is -6.13. The predicted molar refractivity (Wildman–Crippen MR) is 221 cm³/mol. The van der Waals surface area contributed by atoms with E-state index in [4.69, 9.17) is 14.6 Å². The van der Waals surface area contributed by atoms with E-state index >= 15 is 0 Å². The monoisotopic (exact) mass is 873 g/mol. The van der Waals surface area contributed by atoms with E-state index < -0.39 is 72.5 Å². The zero-order valence-electron chi connectivity index (χ0n) is 32.8. The summed E-state index contributed by atoms with van der Waals surface area (Å²) >= 11 is 1.43. The van der Waals surface area contributed by atoms with Crippen molar-refractivity contribution >= 4 is 46.9 Å². The van der Waals surface area contributed by atoms with Crippen molar-refractivity contribution in [2.24, 2.45) is 0 Å². The molecule has 18 heteroatoms. The third kappa shape index (κ3) is 14.3. The van der Waals surface area contributed by atoms with Crippen LogP contribution in [-0.4, -0.2) is 87.7 Å². The minimum atomic E-state index is -5.08. The lowest BCUT2D eigenvalue weighted by Gasteiger charge is -2.26. The fourth-order valence-electron chi connectivity index (χ4n) is 6.23. The molecule has 4 amide bonds. The molecule has 7 rings (SSSR count). The first-order valence-corrected chi connectivity index (χ1v) is 20.0. The Morgan fingerprint density at radius 3 is 1.95 bits per heavy atom. The molecule has 0 saturated heterocycles. The maximum Gasteiger partial charge on any atom is 0.490 e. The van der Waals surface area contributed by atoms with Gasteiger partial charge in [0, 0.05) is 36.5 Å². The number of nitrogens with one attached hydrogen (secondary N) is 4. The quantitative estimate of drug-likeness (QED) is 0.114. The first-order valence-electron chi connectivity index (χ1n) is 19.2. The standard InChI is InChI=1S/C42H41N5O7S.C2HF3O2/c48-38-26-54-32-17-12-29(13-18-32)23-37(42(52)53)47-39(49)34(19-14-27-6-2-1-3-7-27)45-40(50)35(46-41(51)36(44-38)24-33-9-5-21-55-33)22-28-10-15-30(16-11-28)31-8-4-20-43-25-31;3-2(4,5)1(6)7/h1-13,15-18,20-21,25,34-37H,14,19,22-24,26H2,(H,44,48)(H,45,50)(H,46,51)(H,47,49)(H,52,53);(H,6,7)/t34-,35+,36-,37-;/m0./s1. The predicted octanol–water partition coefficient (Wildman–Crippen LogP) is 4.52. The summed E-state index contributed by atoms with van der Waals surface area (Å²) in [6, 6.07) is 26.2. The van der Waals surface area contributed by atoms with E-state index in [0.717, 1.165) is 27.1 Å². The van der Waals surface area contributed by atoms with Crippen LogP contribution < -0.4 is 26.0 Å². The van der Waals surface area contributed by atoms with E-state index in [2.05, 4.69) is 26.3 Å². The number of ether oxygens (including phenoxy) is 1. The van der Waals surface area contributed by atoms with Crippen molar-refractivity contribution in [3.05, 3.63) is 142 Å². The number of rotatable bonds is 9. The topological polar surface area (TPSA) is 213 Å². The molecule has 2 bridgehead atoms. The molecule has 4 atom stereocenters. The summed E-state index contributed by atoms with van der Waals surface area (Å²) in [7, 11) is 0. The molecule has 0 aliphatic carbocycles. The lowest BCUT2D eigenvalue weighted by atomic mass is 9.99. The Balaban J connectivity index is 0.000000955. The van der Waals surface area contributed by atoms with Crippen LogP contribution in [0.2, 0.25) is 0 Å². The van der Waals surface area contributed by atoms with Crippen LogP contribution in [0.5, 0.6) is 5.75 Å². The van der Waals surface area contributed by atoms with Crippen LogP contribution in [0, 0.1) is 0 Å². The number of aryl methyl sites for hydroxylation is 1. The number of thiophene rings is 1. The lowest BCUT2D eigenvalue weighted by Crippen LogP contribution is -2.59. The molecule has 2 aromatic heterocycles. The van der Waals surface area contributed by atoms with Crippen LogP contribution in [-0.2, 0) is 54.5 Å². The number of pyridine rings is 1. The molecule has 0 unspecified atom stereocenters. The minimum Gasteiger partial charge on any atom is -0.484 e. The smallest absolute Gasteiger partial charge is 0.484 e. The summed E-state index contributed by atoms with van der Waals surface area (Å²) < 4.78 is 37.4. The molecule has 4 heterocycles. The van der Waals surface area contributed by atoms with Gasteiger partial charge in [0.05, 0.1) is 0 Å². The Hall–Kier alpha value is -7.08. The molecule has 0 saturated carbocycles. The highest BCUT2D eigenvalue weighted by atomic mass is 32.1. The fourth-order valence-corrected chi connectivity index (χ4v) is 6.99. The van der Waals surface area contributed by atoms with E-state index in [1.165, 1.54) is 11.3 Å². The van der Waals surface area contributed by atoms with E-state index in [9.17, 15) is 42.3 Å². The first kappa shape index (κ1) is 46.0. The van der Waals surface area contributed by atoms with Gasteiger partial charge in [0.2, 0.25) is 17.7 Å². The van der Waals surface area contributed by atoms with Gasteiger partial charge in [0.15, 0.2) is 6.61 Å². The molecule has 2 aliphatic rings. The summed E-state index contributed by atoms with van der Waals surface area (Å²) in [4.78, 5) is 81.8. The van der Waals surface area contributed by atoms with Crippen LogP contribution >= 0.6 is 11.3 Å². The highest BCUT2D eigenvalue weighted by molar-refractivity contribution is 7.09. The van der Waals surface area contributed by atoms with Crippen molar-refractivity contribution in [2.45, 2.75) is 62.4 Å². The number of carboxylic acid groups (broad SMARTS) is 2. The Kier molecular flexibility index (Phi) is 16.3. The summed E-state index contributed by atoms with van der Waals surface area (Å²) in [6.45, 7) is -0.391. The van der Waals surface area contributed by atoms with Gasteiger partial charge in [-0.3, -0.25) is 24.2 Å². The number of carboxylic acids is 2. The molecular weight excluding hydrogens is 832 g/mol. The van der Waals surface area contributed by atoms with Crippen molar-refractivity contribution in [1.29, 1.82) is 0 Å². The van der Waals surface area contributed by atoms with Crippen molar-refractivity contribution in [2.75, 3.05) is 6.61 Å². The van der Waals surface area contributed by atoms with Crippen molar-refractivity contribution < 1.29 is 56.9 Å². The van der Waals surface area contributed by atoms with E-state index in [1.807, 2.05) is 84.2 Å². The van der Waals surface area contributed by atoms with E-state index in [-0.39, 0.29) is 25.7 Å². The van der Waals surface area contributed by atoms with Gasteiger partial charge in [0.1, 0.15) is 29.9 Å². The van der Waals surface area contributed by atoms with Gasteiger partial charge in [-0.05, 0) is 70.3 Å². The largest absolute Gasteiger partial charge is 0.490 e. The Morgan fingerprint density at radius 1 is 0.710 bits per heavy atom. The van der Waals surface area contributed by atoms with Crippen molar-refractivity contribution in [1.82, 2.24) is 26.3 Å². The number of aliphatic carboxylic acids is 2. The SMILES string of the molecule is O=C(O)C(F)(F)F.O=C1COc2ccc(cc2)C[C@@H](C(=O)O)NC(=O)[C@H](CCc2ccccc2)NC(=O)[C@@H](Cc2ccc(-c3cccnc3)cc2)NC(=O)[C@H](Cc2cccs2)N1. The number of halogens is 3. The van der Waals surface area contributed by atoms with Crippen LogP contribution in [0.1, 0.15) is 28.0 Å². The number of carbonyl (C=O) groups excluding carboxylic acids is 4. The molecule has 0 radical (unpaired) electrons. The second-order valence-electron chi connectivity index (χ2n) is 14.0. The van der Waals surface area contributed by atoms with Crippen LogP contribution in [0.15, 0.2) is 121 Å². The number of hydrogen-bond acceptors (Lipinski definition) is 9. The average molecular weight is 874 g/mol. The van der Waals surface area contributed by atoms with E-state index in [0.29, 0.717) is 17.7 Å². The van der Waals surface area contributed by atoms with Gasteiger partial charge in [-0.2, -0.15) is 13.2 Å². The van der Waals surface area contributed by atoms with Gasteiger partial charge < -0.3 is 36.2 Å². The molecule has 0 spiro atoms. The zero-order valence-corrected chi connectivity index (χ0v) is 33.7. The number of amides is 4. The van der Waals surface area contributed by atoms with E-state index in [1.54, 1.807) is 36.7 Å². The Morgan fingerprint density at radius 2 is 1.35 bits per heavy atom. The molecule has 324 valence electrons. The second-order valence-corrected chi connectivity index (χ2v) is 15.1. The molecule has 3 aromatic carbocycles. The van der Waals surface area contributed by atoms with Crippen LogP contribution in [0.25, 0.3) is 11.1 Å². The number of carbonyl (C=O) groups is 6. The van der Waals surface area contributed by atoms with Crippen LogP contribution in [0.3, 0.4) is 0 Å². The fraction of sp³-hybridized carbons (Fsp3) is 0.250. The first-order chi connectivity index (χ1) is 29.6. The molecule has 0 fully saturated rings. The average Bonchev–Trinajstić information content (AvgIpc) is 3.78. The summed E-state index contributed by atoms with van der Waals surface area (Å²) in [6.07, 6.45) is -0.930. The highest BCUT2D eigenvalue weighted by Crippen LogP contribution is 2.20. The van der Waals surface area contributed by atoms with Gasteiger partial charge in [-0.15, -0.1) is 11.3 Å². The van der Waals surface area contributed by atoms with Gasteiger partial charge in [0.25, 0.3) is 5.91 Å². The number of hydrogen-bond donors (Lipinski definition) is 6. The second kappa shape index (κ2) is 22.0. The maximum atomic E-state index is 14.3. The summed E-state index contributed by atoms with van der Waals surface area (Å²) in [5.41, 5.74) is 4.06. The summed E-state index contributed by atoms with van der Waals surface area (Å²) in [5, 5.41) is 30.2. The van der Waals surface area contributed by atoms with Gasteiger partial charge in [-0.25, -0.2) is 9.59 Å². The molecule has 14 nitrogen and oxygen atoms in total. The van der Waals surface area contributed by atoms with Gasteiger partial charge >= 0.3 is 18.1 Å². The molecule has 6 N–H and O–H groups in total. The molecular formula is C44H42F3N5O9S.